The van der Waals surface area contributed by atoms with Gasteiger partial charge < -0.3 is 73.9 Å². The predicted molar refractivity (Wildman–Crippen MR) is 157 cm³/mol. The Hall–Kier alpha value is -1.05. The molecule has 1 aliphatic carbocycles. The first kappa shape index (κ1) is 37.1. The SMILES string of the molecule is NCCCCCCCCNCCCOC1C(NC(=O)[C@@H](O)CCN)CC(N)C(OC2OC(CN)C(O)C(O)C2N)C1O. The van der Waals surface area contributed by atoms with Gasteiger partial charge in [-0.25, -0.2) is 0 Å². The molecule has 2 aliphatic rings. The molecule has 0 aromatic heterocycles. The van der Waals surface area contributed by atoms with E-state index >= 15 is 0 Å². The van der Waals surface area contributed by atoms with Crippen LogP contribution in [0.3, 0.4) is 0 Å². The highest BCUT2D eigenvalue weighted by Gasteiger charge is 2.49. The molecule has 2 fully saturated rings. The lowest BCUT2D eigenvalue weighted by Crippen LogP contribution is -2.68. The van der Waals surface area contributed by atoms with E-state index in [1.165, 1.54) is 19.3 Å². The highest BCUT2D eigenvalue weighted by molar-refractivity contribution is 5.80. The lowest BCUT2D eigenvalue weighted by molar-refractivity contribution is -0.289. The number of rotatable bonds is 20. The van der Waals surface area contributed by atoms with Gasteiger partial charge in [-0.15, -0.1) is 0 Å². The second-order valence-electron chi connectivity index (χ2n) is 11.4. The number of carbonyl (C=O) groups is 1. The molecular weight excluding hydrogens is 550 g/mol. The van der Waals surface area contributed by atoms with E-state index in [2.05, 4.69) is 10.6 Å². The van der Waals surface area contributed by atoms with Gasteiger partial charge >= 0.3 is 0 Å². The molecule has 0 aromatic carbocycles. The first-order valence-electron chi connectivity index (χ1n) is 15.4. The molecule has 42 heavy (non-hydrogen) atoms. The minimum atomic E-state index is -1.36. The summed E-state index contributed by atoms with van der Waals surface area (Å²) in [6.45, 7) is 2.69. The summed E-state index contributed by atoms with van der Waals surface area (Å²) >= 11 is 0. The standard InChI is InChI=1S/C27H57N7O8/c28-9-5-3-1-2-4-6-11-33-12-7-13-40-25-17(34-26(39)18(35)8-10-29)14-16(31)24(23(25)38)42-27-20(32)22(37)21(36)19(15-30)41-27/h16-25,27,33,35-38H,1-15,28-32H2,(H,34,39)/t16?,17?,18-,19?,20?,21?,22?,23?,24?,25?,27?/m0/s1. The van der Waals surface area contributed by atoms with E-state index in [9.17, 15) is 25.2 Å². The van der Waals surface area contributed by atoms with Crippen LogP contribution in [0.5, 0.6) is 0 Å². The molecule has 1 amide bonds. The van der Waals surface area contributed by atoms with E-state index in [-0.39, 0.29) is 32.5 Å². The fraction of sp³-hybridized carbons (Fsp3) is 0.963. The highest BCUT2D eigenvalue weighted by atomic mass is 16.7. The van der Waals surface area contributed by atoms with Gasteiger partial charge in [0, 0.05) is 19.2 Å². The summed E-state index contributed by atoms with van der Waals surface area (Å²) in [6, 6.07) is -2.63. The van der Waals surface area contributed by atoms with Crippen LogP contribution in [-0.2, 0) is 19.0 Å². The largest absolute Gasteiger partial charge is 0.388 e. The normalized spacial score (nSPS) is 34.3. The van der Waals surface area contributed by atoms with Gasteiger partial charge in [-0.3, -0.25) is 4.79 Å². The maximum atomic E-state index is 12.6. The maximum absolute atomic E-state index is 12.6. The van der Waals surface area contributed by atoms with Crippen molar-refractivity contribution < 1.29 is 39.4 Å². The van der Waals surface area contributed by atoms with Crippen LogP contribution < -0.4 is 39.3 Å². The third-order valence-corrected chi connectivity index (χ3v) is 7.98. The second kappa shape index (κ2) is 20.1. The van der Waals surface area contributed by atoms with E-state index in [0.29, 0.717) is 13.0 Å². The minimum Gasteiger partial charge on any atom is -0.388 e. The molecule has 15 heteroatoms. The number of nitrogens with two attached hydrogens (primary N) is 5. The molecule has 248 valence electrons. The van der Waals surface area contributed by atoms with Crippen molar-refractivity contribution in [3.05, 3.63) is 0 Å². The molecule has 10 unspecified atom stereocenters. The lowest BCUT2D eigenvalue weighted by atomic mass is 9.83. The van der Waals surface area contributed by atoms with Crippen molar-refractivity contribution in [1.29, 1.82) is 0 Å². The van der Waals surface area contributed by atoms with Gasteiger partial charge in [-0.05, 0) is 58.3 Å². The lowest BCUT2D eigenvalue weighted by Gasteiger charge is -2.47. The fourth-order valence-electron chi connectivity index (χ4n) is 5.41. The summed E-state index contributed by atoms with van der Waals surface area (Å²) in [5, 5.41) is 48.1. The fourth-order valence-corrected chi connectivity index (χ4v) is 5.41. The molecule has 0 spiro atoms. The number of ether oxygens (including phenoxy) is 3. The molecule has 0 radical (unpaired) electrons. The summed E-state index contributed by atoms with van der Waals surface area (Å²) < 4.78 is 17.7. The Morgan fingerprint density at radius 3 is 2.21 bits per heavy atom. The van der Waals surface area contributed by atoms with Crippen molar-refractivity contribution in [2.24, 2.45) is 28.7 Å². The molecular formula is C27H57N7O8. The molecule has 1 saturated heterocycles. The minimum absolute atomic E-state index is 0.0805. The van der Waals surface area contributed by atoms with Crippen LogP contribution in [-0.4, -0.2) is 133 Å². The molecule has 16 N–H and O–H groups in total. The van der Waals surface area contributed by atoms with Crippen molar-refractivity contribution in [1.82, 2.24) is 10.6 Å². The molecule has 1 aliphatic heterocycles. The Morgan fingerprint density at radius 2 is 1.55 bits per heavy atom. The van der Waals surface area contributed by atoms with Gasteiger partial charge in [0.15, 0.2) is 6.29 Å². The first-order valence-corrected chi connectivity index (χ1v) is 15.4. The van der Waals surface area contributed by atoms with Crippen LogP contribution in [0.2, 0.25) is 0 Å². The number of hydrogen-bond donors (Lipinski definition) is 11. The molecule has 0 aromatic rings. The third kappa shape index (κ3) is 11.5. The van der Waals surface area contributed by atoms with Crippen molar-refractivity contribution in [3.63, 3.8) is 0 Å². The van der Waals surface area contributed by atoms with E-state index < -0.39 is 73.1 Å². The van der Waals surface area contributed by atoms with Crippen molar-refractivity contribution in [2.45, 2.75) is 125 Å². The number of amides is 1. The van der Waals surface area contributed by atoms with Gasteiger partial charge in [0.1, 0.15) is 42.7 Å². The summed E-state index contributed by atoms with van der Waals surface area (Å²) in [6.07, 6.45) is -1.53. The zero-order chi connectivity index (χ0) is 31.1. The van der Waals surface area contributed by atoms with E-state index in [4.69, 9.17) is 42.9 Å². The van der Waals surface area contributed by atoms with Crippen LogP contribution in [0, 0.1) is 0 Å². The average molecular weight is 608 g/mol. The van der Waals surface area contributed by atoms with Gasteiger partial charge in [0.25, 0.3) is 0 Å². The Morgan fingerprint density at radius 1 is 0.881 bits per heavy atom. The van der Waals surface area contributed by atoms with Gasteiger partial charge in [-0.2, -0.15) is 0 Å². The van der Waals surface area contributed by atoms with Crippen LogP contribution in [0.25, 0.3) is 0 Å². The molecule has 1 saturated carbocycles. The quantitative estimate of drug-likeness (QED) is 0.0589. The Bertz CT molecular complexity index is 743. The Labute approximate surface area is 249 Å². The van der Waals surface area contributed by atoms with Crippen molar-refractivity contribution >= 4 is 5.91 Å². The van der Waals surface area contributed by atoms with Crippen LogP contribution >= 0.6 is 0 Å². The molecule has 15 nitrogen and oxygen atoms in total. The smallest absolute Gasteiger partial charge is 0.249 e. The maximum Gasteiger partial charge on any atom is 0.249 e. The third-order valence-electron chi connectivity index (χ3n) is 7.98. The summed E-state index contributed by atoms with van der Waals surface area (Å²) in [4.78, 5) is 12.6. The van der Waals surface area contributed by atoms with Gasteiger partial charge in [-0.1, -0.05) is 25.7 Å². The summed E-state index contributed by atoms with van der Waals surface area (Å²) in [7, 11) is 0. The van der Waals surface area contributed by atoms with Crippen LogP contribution in [0.15, 0.2) is 0 Å². The number of aliphatic hydroxyl groups excluding tert-OH is 4. The van der Waals surface area contributed by atoms with Crippen molar-refractivity contribution in [3.8, 4) is 0 Å². The van der Waals surface area contributed by atoms with E-state index in [1.807, 2.05) is 0 Å². The number of carbonyl (C=O) groups excluding carboxylic acids is 1. The monoisotopic (exact) mass is 607 g/mol. The second-order valence-corrected chi connectivity index (χ2v) is 11.4. The Kier molecular flexibility index (Phi) is 17.7. The van der Waals surface area contributed by atoms with Crippen molar-refractivity contribution in [2.75, 3.05) is 39.3 Å². The topological polar surface area (TPSA) is 280 Å². The van der Waals surface area contributed by atoms with E-state index in [1.54, 1.807) is 0 Å². The van der Waals surface area contributed by atoms with Crippen LogP contribution in [0.1, 0.15) is 57.8 Å². The van der Waals surface area contributed by atoms with E-state index in [0.717, 1.165) is 32.4 Å². The highest BCUT2D eigenvalue weighted by Crippen LogP contribution is 2.29. The van der Waals surface area contributed by atoms with Gasteiger partial charge in [0.05, 0.1) is 12.1 Å². The predicted octanol–water partition coefficient (Wildman–Crippen LogP) is -3.95. The van der Waals surface area contributed by atoms with Gasteiger partial charge in [0.2, 0.25) is 5.91 Å². The zero-order valence-corrected chi connectivity index (χ0v) is 24.8. The molecule has 2 rings (SSSR count). The number of nitrogens with one attached hydrogen (secondary N) is 2. The summed E-state index contributed by atoms with van der Waals surface area (Å²) in [5.74, 6) is -0.636. The first-order chi connectivity index (χ1) is 20.2. The summed E-state index contributed by atoms with van der Waals surface area (Å²) in [5.41, 5.74) is 29.1. The Balaban J connectivity index is 1.94. The number of aliphatic hydroxyl groups is 4. The van der Waals surface area contributed by atoms with Crippen LogP contribution in [0.4, 0.5) is 0 Å². The number of hydrogen-bond acceptors (Lipinski definition) is 14. The zero-order valence-electron chi connectivity index (χ0n) is 24.8. The molecule has 0 bridgehead atoms. The average Bonchev–Trinajstić information content (AvgIpc) is 2.97. The molecule has 1 heterocycles. The number of unbranched alkanes of at least 4 members (excludes halogenated alkanes) is 5. The molecule has 11 atom stereocenters.